The summed E-state index contributed by atoms with van der Waals surface area (Å²) in [6.07, 6.45) is 0. The van der Waals surface area contributed by atoms with Crippen LogP contribution in [0.5, 0.6) is 0 Å². The third-order valence-electron chi connectivity index (χ3n) is 2.46. The predicted octanol–water partition coefficient (Wildman–Crippen LogP) is 2.15. The van der Waals surface area contributed by atoms with Crippen molar-refractivity contribution < 1.29 is 9.50 Å². The number of aliphatic hydroxyl groups is 1. The molecule has 0 aliphatic heterocycles. The minimum atomic E-state index is -0.261. The van der Waals surface area contributed by atoms with Gasteiger partial charge in [-0.25, -0.2) is 4.39 Å². The van der Waals surface area contributed by atoms with Gasteiger partial charge in [0.1, 0.15) is 5.82 Å². The van der Waals surface area contributed by atoms with Gasteiger partial charge in [0, 0.05) is 18.8 Å². The molecular formula is C12H17FN2OS. The molecule has 0 amide bonds. The molecule has 0 radical (unpaired) electrons. The number of aliphatic hydroxyl groups excluding tert-OH is 1. The van der Waals surface area contributed by atoms with Gasteiger partial charge in [-0.05, 0) is 43.8 Å². The van der Waals surface area contributed by atoms with Crippen LogP contribution in [0.2, 0.25) is 0 Å². The summed E-state index contributed by atoms with van der Waals surface area (Å²) in [4.78, 5) is 1.81. The van der Waals surface area contributed by atoms with Crippen molar-refractivity contribution in [1.82, 2.24) is 4.90 Å². The van der Waals surface area contributed by atoms with Crippen LogP contribution in [0.3, 0.4) is 0 Å². The maximum absolute atomic E-state index is 13.3. The van der Waals surface area contributed by atoms with E-state index in [9.17, 15) is 4.39 Å². The van der Waals surface area contributed by atoms with Crippen molar-refractivity contribution >= 4 is 23.0 Å². The number of aryl methyl sites for hydroxylation is 1. The van der Waals surface area contributed by atoms with E-state index in [-0.39, 0.29) is 12.4 Å². The third-order valence-corrected chi connectivity index (χ3v) is 2.82. The standard InChI is InChI=1S/C12H17FN2OS/c1-3-15(6-7-16)12(17)14-10-5-4-9(2)11(13)8-10/h4-5,8,16H,3,6-7H2,1-2H3,(H,14,17). The van der Waals surface area contributed by atoms with Crippen molar-refractivity contribution in [2.45, 2.75) is 13.8 Å². The Hall–Kier alpha value is -1.20. The van der Waals surface area contributed by atoms with Crippen LogP contribution >= 0.6 is 12.2 Å². The second-order valence-electron chi connectivity index (χ2n) is 3.70. The molecule has 0 aliphatic carbocycles. The zero-order chi connectivity index (χ0) is 12.8. The van der Waals surface area contributed by atoms with E-state index in [2.05, 4.69) is 5.32 Å². The van der Waals surface area contributed by atoms with Gasteiger partial charge >= 0.3 is 0 Å². The molecule has 3 nitrogen and oxygen atoms in total. The summed E-state index contributed by atoms with van der Waals surface area (Å²) < 4.78 is 13.3. The number of nitrogens with one attached hydrogen (secondary N) is 1. The van der Waals surface area contributed by atoms with E-state index in [4.69, 9.17) is 17.3 Å². The molecule has 0 atom stereocenters. The Kier molecular flexibility index (Phi) is 5.31. The van der Waals surface area contributed by atoms with Gasteiger partial charge in [0.05, 0.1) is 6.61 Å². The van der Waals surface area contributed by atoms with Crippen LogP contribution in [-0.2, 0) is 0 Å². The lowest BCUT2D eigenvalue weighted by Gasteiger charge is -2.23. The van der Waals surface area contributed by atoms with Gasteiger partial charge in [0.2, 0.25) is 0 Å². The quantitative estimate of drug-likeness (QED) is 0.809. The number of likely N-dealkylation sites (N-methyl/N-ethyl adjacent to an activating group) is 1. The molecule has 17 heavy (non-hydrogen) atoms. The Morgan fingerprint density at radius 3 is 2.76 bits per heavy atom. The van der Waals surface area contributed by atoms with Crippen molar-refractivity contribution in [1.29, 1.82) is 0 Å². The van der Waals surface area contributed by atoms with E-state index >= 15 is 0 Å². The van der Waals surface area contributed by atoms with E-state index in [0.717, 1.165) is 0 Å². The van der Waals surface area contributed by atoms with Crippen LogP contribution < -0.4 is 5.32 Å². The Bertz CT molecular complexity index is 398. The van der Waals surface area contributed by atoms with E-state index in [1.165, 1.54) is 6.07 Å². The molecule has 0 aromatic heterocycles. The van der Waals surface area contributed by atoms with Crippen LogP contribution in [0.25, 0.3) is 0 Å². The molecule has 5 heteroatoms. The van der Waals surface area contributed by atoms with Gasteiger partial charge in [0.15, 0.2) is 5.11 Å². The summed E-state index contributed by atoms with van der Waals surface area (Å²) in [6.45, 7) is 4.86. The van der Waals surface area contributed by atoms with Gasteiger partial charge in [-0.15, -0.1) is 0 Å². The Balaban J connectivity index is 2.69. The lowest BCUT2D eigenvalue weighted by molar-refractivity contribution is 0.254. The molecule has 1 aromatic carbocycles. The molecule has 0 unspecified atom stereocenters. The molecule has 0 aliphatic rings. The molecule has 0 spiro atoms. The molecule has 0 fully saturated rings. The number of thiocarbonyl (C=S) groups is 1. The van der Waals surface area contributed by atoms with Gasteiger partial charge < -0.3 is 15.3 Å². The summed E-state index contributed by atoms with van der Waals surface area (Å²) in [5.74, 6) is -0.261. The summed E-state index contributed by atoms with van der Waals surface area (Å²) >= 11 is 5.18. The van der Waals surface area contributed by atoms with Crippen molar-refractivity contribution in [2.24, 2.45) is 0 Å². The van der Waals surface area contributed by atoms with Gasteiger partial charge in [-0.2, -0.15) is 0 Å². The molecule has 1 aromatic rings. The highest BCUT2D eigenvalue weighted by Crippen LogP contribution is 2.14. The number of hydrogen-bond donors (Lipinski definition) is 2. The van der Waals surface area contributed by atoms with Crippen molar-refractivity contribution in [3.8, 4) is 0 Å². The molecule has 0 bridgehead atoms. The summed E-state index contributed by atoms with van der Waals surface area (Å²) in [5.41, 5.74) is 1.22. The van der Waals surface area contributed by atoms with Crippen LogP contribution in [-0.4, -0.2) is 34.8 Å². The first-order valence-corrected chi connectivity index (χ1v) is 5.92. The molecule has 94 valence electrons. The predicted molar refractivity (Wildman–Crippen MR) is 71.7 cm³/mol. The lowest BCUT2D eigenvalue weighted by Crippen LogP contribution is -2.36. The highest BCUT2D eigenvalue weighted by molar-refractivity contribution is 7.80. The first-order chi connectivity index (χ1) is 8.08. The van der Waals surface area contributed by atoms with Crippen LogP contribution in [0.15, 0.2) is 18.2 Å². The molecule has 0 saturated heterocycles. The monoisotopic (exact) mass is 256 g/mol. The number of hydrogen-bond acceptors (Lipinski definition) is 2. The second kappa shape index (κ2) is 6.51. The number of rotatable bonds is 4. The normalized spacial score (nSPS) is 10.1. The van der Waals surface area contributed by atoms with Gasteiger partial charge in [-0.1, -0.05) is 6.07 Å². The Morgan fingerprint density at radius 1 is 1.53 bits per heavy atom. The molecule has 0 heterocycles. The van der Waals surface area contributed by atoms with E-state index in [1.807, 2.05) is 11.8 Å². The molecule has 1 rings (SSSR count). The summed E-state index contributed by atoms with van der Waals surface area (Å²) in [7, 11) is 0. The van der Waals surface area contributed by atoms with E-state index in [0.29, 0.717) is 29.5 Å². The van der Waals surface area contributed by atoms with Crippen molar-refractivity contribution in [3.63, 3.8) is 0 Å². The maximum Gasteiger partial charge on any atom is 0.173 e. The fraction of sp³-hybridized carbons (Fsp3) is 0.417. The summed E-state index contributed by atoms with van der Waals surface area (Å²) in [5, 5.41) is 12.3. The number of halogens is 1. The van der Waals surface area contributed by atoms with E-state index < -0.39 is 0 Å². The third kappa shape index (κ3) is 3.94. The zero-order valence-corrected chi connectivity index (χ0v) is 10.9. The molecule has 2 N–H and O–H groups in total. The number of benzene rings is 1. The van der Waals surface area contributed by atoms with Gasteiger partial charge in [0.25, 0.3) is 0 Å². The fourth-order valence-corrected chi connectivity index (χ4v) is 1.74. The highest BCUT2D eigenvalue weighted by atomic mass is 32.1. The Labute approximate surface area is 106 Å². The summed E-state index contributed by atoms with van der Waals surface area (Å²) in [6, 6.07) is 4.88. The SMILES string of the molecule is CCN(CCO)C(=S)Nc1ccc(C)c(F)c1. The number of anilines is 1. The topological polar surface area (TPSA) is 35.5 Å². The average Bonchev–Trinajstić information content (AvgIpc) is 2.30. The van der Waals surface area contributed by atoms with Crippen molar-refractivity contribution in [2.75, 3.05) is 25.0 Å². The molecular weight excluding hydrogens is 239 g/mol. The zero-order valence-electron chi connectivity index (χ0n) is 10.0. The van der Waals surface area contributed by atoms with Crippen LogP contribution in [0.4, 0.5) is 10.1 Å². The van der Waals surface area contributed by atoms with Gasteiger partial charge in [-0.3, -0.25) is 0 Å². The van der Waals surface area contributed by atoms with Crippen molar-refractivity contribution in [3.05, 3.63) is 29.6 Å². The average molecular weight is 256 g/mol. The fourth-order valence-electron chi connectivity index (χ4n) is 1.40. The minimum absolute atomic E-state index is 0.0396. The smallest absolute Gasteiger partial charge is 0.173 e. The lowest BCUT2D eigenvalue weighted by atomic mass is 10.2. The second-order valence-corrected chi connectivity index (χ2v) is 4.08. The molecule has 0 saturated carbocycles. The Morgan fingerprint density at radius 2 is 2.24 bits per heavy atom. The van der Waals surface area contributed by atoms with Crippen LogP contribution in [0.1, 0.15) is 12.5 Å². The minimum Gasteiger partial charge on any atom is -0.395 e. The largest absolute Gasteiger partial charge is 0.395 e. The maximum atomic E-state index is 13.3. The van der Waals surface area contributed by atoms with E-state index in [1.54, 1.807) is 19.1 Å². The highest BCUT2D eigenvalue weighted by Gasteiger charge is 2.07. The number of nitrogens with zero attached hydrogens (tertiary/aromatic N) is 1. The van der Waals surface area contributed by atoms with Crippen LogP contribution in [0, 0.1) is 12.7 Å². The first kappa shape index (κ1) is 13.9. The first-order valence-electron chi connectivity index (χ1n) is 5.51.